The molecule has 9 heteroatoms. The summed E-state index contributed by atoms with van der Waals surface area (Å²) in [6, 6.07) is 22.3. The molecule has 0 aliphatic carbocycles. The average Bonchev–Trinajstić information content (AvgIpc) is 3.70. The fourth-order valence-corrected chi connectivity index (χ4v) is 7.58. The third kappa shape index (κ3) is 3.42. The van der Waals surface area contributed by atoms with Crippen molar-refractivity contribution in [3.63, 3.8) is 0 Å². The highest BCUT2D eigenvalue weighted by atomic mass is 32.1. The number of amides is 1. The lowest BCUT2D eigenvalue weighted by Crippen LogP contribution is -2.51. The number of anilines is 2. The lowest BCUT2D eigenvalue weighted by atomic mass is 9.64. The van der Waals surface area contributed by atoms with Crippen molar-refractivity contribution in [2.45, 2.75) is 24.4 Å². The Morgan fingerprint density at radius 3 is 2.41 bits per heavy atom. The van der Waals surface area contributed by atoms with Gasteiger partial charge in [0.05, 0.1) is 21.8 Å². The summed E-state index contributed by atoms with van der Waals surface area (Å²) in [6.45, 7) is 1.98. The molecule has 3 aliphatic heterocycles. The van der Waals surface area contributed by atoms with E-state index in [1.54, 1.807) is 17.5 Å². The van der Waals surface area contributed by atoms with E-state index in [0.717, 1.165) is 16.8 Å². The van der Waals surface area contributed by atoms with Crippen LogP contribution < -0.4 is 10.2 Å². The number of carbonyl (C=O) groups excluding carboxylic acids is 3. The molecule has 0 radical (unpaired) electrons. The normalized spacial score (nSPS) is 23.8. The SMILES string of the molecule is CC1=C[C@H]2N(c3ccccc31)[C@@H](C(=O)c1ccc([N+](=O)[O-])cc1)[C@@H](C(=O)c1cccs1)[C@@]21C(=O)Nc2ccccc21. The van der Waals surface area contributed by atoms with Crippen LogP contribution in [-0.2, 0) is 10.2 Å². The predicted molar refractivity (Wildman–Crippen MR) is 156 cm³/mol. The van der Waals surface area contributed by atoms with Gasteiger partial charge in [0.2, 0.25) is 5.91 Å². The molecule has 8 nitrogen and oxygen atoms in total. The van der Waals surface area contributed by atoms with Gasteiger partial charge in [-0.15, -0.1) is 11.3 Å². The molecule has 1 saturated heterocycles. The lowest BCUT2D eigenvalue weighted by molar-refractivity contribution is -0.384. The number of ketones is 2. The van der Waals surface area contributed by atoms with Gasteiger partial charge in [0.25, 0.3) is 5.69 Å². The van der Waals surface area contributed by atoms with E-state index < -0.39 is 28.3 Å². The van der Waals surface area contributed by atoms with E-state index >= 15 is 0 Å². The molecule has 41 heavy (non-hydrogen) atoms. The fourth-order valence-electron chi connectivity index (χ4n) is 6.88. The number of fused-ring (bicyclic) bond motifs is 6. The van der Waals surface area contributed by atoms with Gasteiger partial charge in [-0.3, -0.25) is 24.5 Å². The van der Waals surface area contributed by atoms with Crippen molar-refractivity contribution in [3.05, 3.63) is 128 Å². The van der Waals surface area contributed by atoms with Gasteiger partial charge < -0.3 is 10.2 Å². The molecule has 1 spiro atoms. The first-order chi connectivity index (χ1) is 19.8. The van der Waals surface area contributed by atoms with Gasteiger partial charge in [-0.2, -0.15) is 0 Å². The van der Waals surface area contributed by atoms with Crippen LogP contribution in [0.4, 0.5) is 17.1 Å². The first-order valence-corrected chi connectivity index (χ1v) is 14.1. The Hall–Kier alpha value is -4.89. The maximum Gasteiger partial charge on any atom is 0.269 e. The minimum Gasteiger partial charge on any atom is -0.352 e. The largest absolute Gasteiger partial charge is 0.352 e. The van der Waals surface area contributed by atoms with Crippen molar-refractivity contribution in [1.82, 2.24) is 0 Å². The maximum absolute atomic E-state index is 14.6. The van der Waals surface area contributed by atoms with Crippen LogP contribution >= 0.6 is 11.3 Å². The smallest absolute Gasteiger partial charge is 0.269 e. The zero-order valence-electron chi connectivity index (χ0n) is 21.8. The number of Topliss-reactive ketones (excluding diaryl/α,β-unsaturated/α-hetero) is 2. The van der Waals surface area contributed by atoms with E-state index in [1.807, 2.05) is 66.4 Å². The summed E-state index contributed by atoms with van der Waals surface area (Å²) in [7, 11) is 0. The number of para-hydroxylation sites is 2. The number of carbonyl (C=O) groups is 3. The van der Waals surface area contributed by atoms with Crippen molar-refractivity contribution in [1.29, 1.82) is 0 Å². The standard InChI is InChI=1S/C32H23N3O5S/c1-18-17-26-32(22-8-3-4-9-23(22)33-31(32)38)27(30(37)25-11-6-16-41-25)28(34(26)24-10-5-2-7-21(18)24)29(36)19-12-14-20(15-13-19)35(39)40/h2-17,26-28H,1H3,(H,33,38)/t26-,27+,28-,32+/m1/s1. The van der Waals surface area contributed by atoms with Gasteiger partial charge in [-0.1, -0.05) is 48.5 Å². The van der Waals surface area contributed by atoms with E-state index in [0.29, 0.717) is 16.1 Å². The van der Waals surface area contributed by atoms with Crippen LogP contribution in [0.1, 0.15) is 38.1 Å². The molecule has 0 bridgehead atoms. The van der Waals surface area contributed by atoms with Gasteiger partial charge in [0.1, 0.15) is 11.5 Å². The first kappa shape index (κ1) is 25.1. The lowest BCUT2D eigenvalue weighted by Gasteiger charge is -2.39. The number of nitro benzene ring substituents is 1. The van der Waals surface area contributed by atoms with Gasteiger partial charge in [0.15, 0.2) is 11.6 Å². The number of nitro groups is 1. The number of nitrogens with one attached hydrogen (secondary N) is 1. The molecule has 202 valence electrons. The maximum atomic E-state index is 14.6. The second-order valence-corrected chi connectivity index (χ2v) is 11.5. The minimum absolute atomic E-state index is 0.139. The summed E-state index contributed by atoms with van der Waals surface area (Å²) in [5.41, 5.74) is 2.62. The quantitative estimate of drug-likeness (QED) is 0.185. The van der Waals surface area contributed by atoms with E-state index in [4.69, 9.17) is 0 Å². The number of nitrogens with zero attached hydrogens (tertiary/aromatic N) is 2. The monoisotopic (exact) mass is 561 g/mol. The molecule has 1 N–H and O–H groups in total. The second-order valence-electron chi connectivity index (χ2n) is 10.5. The van der Waals surface area contributed by atoms with Crippen molar-refractivity contribution in [3.8, 4) is 0 Å². The van der Waals surface area contributed by atoms with E-state index in [-0.39, 0.29) is 28.7 Å². The summed E-state index contributed by atoms with van der Waals surface area (Å²) < 4.78 is 0. The van der Waals surface area contributed by atoms with Crippen LogP contribution in [0, 0.1) is 16.0 Å². The molecule has 1 amide bonds. The molecule has 0 saturated carbocycles. The number of benzene rings is 3. The molecule has 1 fully saturated rings. The van der Waals surface area contributed by atoms with Crippen LogP contribution in [0.25, 0.3) is 5.57 Å². The van der Waals surface area contributed by atoms with Crippen LogP contribution in [0.15, 0.2) is 96.4 Å². The Kier molecular flexibility index (Phi) is 5.55. The van der Waals surface area contributed by atoms with Crippen LogP contribution in [-0.4, -0.2) is 34.5 Å². The number of allylic oxidation sites excluding steroid dienone is 1. The van der Waals surface area contributed by atoms with E-state index in [9.17, 15) is 24.5 Å². The molecule has 0 unspecified atom stereocenters. The predicted octanol–water partition coefficient (Wildman–Crippen LogP) is 5.90. The van der Waals surface area contributed by atoms with E-state index in [1.165, 1.54) is 35.6 Å². The fraction of sp³-hybridized carbons (Fsp3) is 0.156. The minimum atomic E-state index is -1.40. The molecule has 7 rings (SSSR count). The van der Waals surface area contributed by atoms with Gasteiger partial charge in [-0.05, 0) is 53.8 Å². The van der Waals surface area contributed by atoms with Crippen LogP contribution in [0.3, 0.4) is 0 Å². The van der Waals surface area contributed by atoms with Crippen LogP contribution in [0.5, 0.6) is 0 Å². The molecule has 1 aromatic heterocycles. The third-order valence-corrected chi connectivity index (χ3v) is 9.45. The van der Waals surface area contributed by atoms with Crippen molar-refractivity contribution in [2.24, 2.45) is 5.92 Å². The second kappa shape index (κ2) is 9.07. The van der Waals surface area contributed by atoms with Crippen LogP contribution in [0.2, 0.25) is 0 Å². The summed E-state index contributed by atoms with van der Waals surface area (Å²) >= 11 is 1.28. The molecule has 4 aromatic rings. The summed E-state index contributed by atoms with van der Waals surface area (Å²) in [6.07, 6.45) is 2.00. The zero-order valence-corrected chi connectivity index (χ0v) is 22.6. The topological polar surface area (TPSA) is 110 Å². The molecular weight excluding hydrogens is 538 g/mol. The Balaban J connectivity index is 1.53. The molecular formula is C32H23N3O5S. The molecule has 4 atom stereocenters. The first-order valence-electron chi connectivity index (χ1n) is 13.2. The number of thiophene rings is 1. The van der Waals surface area contributed by atoms with Gasteiger partial charge in [0, 0.05) is 34.6 Å². The van der Waals surface area contributed by atoms with E-state index in [2.05, 4.69) is 5.32 Å². The van der Waals surface area contributed by atoms with Crippen molar-refractivity contribution in [2.75, 3.05) is 10.2 Å². The summed E-state index contributed by atoms with van der Waals surface area (Å²) in [5.74, 6) is -2.07. The highest BCUT2D eigenvalue weighted by molar-refractivity contribution is 7.12. The van der Waals surface area contributed by atoms with Crippen molar-refractivity contribution < 1.29 is 19.3 Å². The summed E-state index contributed by atoms with van der Waals surface area (Å²) in [4.78, 5) is 56.7. The molecule has 3 aliphatic rings. The van der Waals surface area contributed by atoms with Crippen molar-refractivity contribution >= 4 is 51.4 Å². The third-order valence-electron chi connectivity index (χ3n) is 8.56. The Bertz CT molecular complexity index is 1800. The Morgan fingerprint density at radius 1 is 0.951 bits per heavy atom. The molecule has 4 heterocycles. The summed E-state index contributed by atoms with van der Waals surface area (Å²) in [5, 5.41) is 16.1. The molecule has 3 aromatic carbocycles. The number of hydrogen-bond acceptors (Lipinski definition) is 7. The highest BCUT2D eigenvalue weighted by Gasteiger charge is 2.70. The Morgan fingerprint density at radius 2 is 1.68 bits per heavy atom. The Labute approximate surface area is 239 Å². The van der Waals surface area contributed by atoms with Gasteiger partial charge in [-0.25, -0.2) is 0 Å². The number of non-ortho nitro benzene ring substituents is 1. The number of rotatable bonds is 5. The number of hydrogen-bond donors (Lipinski definition) is 1. The van der Waals surface area contributed by atoms with Gasteiger partial charge >= 0.3 is 0 Å². The highest BCUT2D eigenvalue weighted by Crippen LogP contribution is 2.59. The zero-order chi connectivity index (χ0) is 28.5. The average molecular weight is 562 g/mol.